The summed E-state index contributed by atoms with van der Waals surface area (Å²) in [6.45, 7) is 3.34. The fourth-order valence-electron chi connectivity index (χ4n) is 7.11. The van der Waals surface area contributed by atoms with E-state index >= 15 is 0 Å². The number of rotatable bonds is 9. The van der Waals surface area contributed by atoms with Crippen LogP contribution in [0.3, 0.4) is 0 Å². The summed E-state index contributed by atoms with van der Waals surface area (Å²) in [6, 6.07) is 5.73. The minimum atomic E-state index is -0.597. The molecule has 3 heterocycles. The van der Waals surface area contributed by atoms with Gasteiger partial charge in [0, 0.05) is 25.8 Å². The molecule has 8 nitrogen and oxygen atoms in total. The van der Waals surface area contributed by atoms with Gasteiger partial charge in [0.1, 0.15) is 17.6 Å². The van der Waals surface area contributed by atoms with E-state index in [4.69, 9.17) is 4.98 Å². The number of carbonyl (C=O) groups is 2. The van der Waals surface area contributed by atoms with Crippen LogP contribution in [0.2, 0.25) is 0 Å². The average molecular weight is 519 g/mol. The van der Waals surface area contributed by atoms with Gasteiger partial charge in [0.2, 0.25) is 5.91 Å². The van der Waals surface area contributed by atoms with Gasteiger partial charge < -0.3 is 15.5 Å². The highest BCUT2D eigenvalue weighted by molar-refractivity contribution is 6.00. The van der Waals surface area contributed by atoms with Gasteiger partial charge in [0.05, 0.1) is 11.9 Å². The number of nitrogens with one attached hydrogen (secondary N) is 2. The first-order valence-electron chi connectivity index (χ1n) is 14.8. The van der Waals surface area contributed by atoms with Crippen molar-refractivity contribution >= 4 is 23.3 Å². The summed E-state index contributed by atoms with van der Waals surface area (Å²) in [5.74, 6) is 2.00. The predicted molar refractivity (Wildman–Crippen MR) is 148 cm³/mol. The molecule has 4 fully saturated rings. The second kappa shape index (κ2) is 10.3. The molecule has 4 aliphatic rings. The standard InChI is InChI=1S/C30H42N6O2/c1-30(15-16-30)26(21-9-6-10-21)27(34-28(37)24-14-17-32-35(24)2)29(38)33-22-12-13-25(31-19-22)36-18-4-3-11-23(36)20-7-5-8-20/h12-14,17,19-21,23,26-27H,3-11,15-16,18H2,1-2H3,(H,33,38)(H,34,37)/t23?,26?,27-/m0/s1. The van der Waals surface area contributed by atoms with E-state index < -0.39 is 6.04 Å². The molecule has 3 saturated carbocycles. The Kier molecular flexibility index (Phi) is 6.91. The summed E-state index contributed by atoms with van der Waals surface area (Å²) in [7, 11) is 1.75. The molecule has 2 amide bonds. The first kappa shape index (κ1) is 25.4. The lowest BCUT2D eigenvalue weighted by Gasteiger charge is -2.44. The number of carbonyl (C=O) groups excluding carboxylic acids is 2. The van der Waals surface area contributed by atoms with Crippen LogP contribution in [0.5, 0.6) is 0 Å². The fraction of sp³-hybridized carbons (Fsp3) is 0.667. The average Bonchev–Trinajstić information content (AvgIpc) is 3.45. The zero-order valence-corrected chi connectivity index (χ0v) is 22.9. The van der Waals surface area contributed by atoms with Crippen molar-refractivity contribution in [3.05, 3.63) is 36.3 Å². The molecule has 0 radical (unpaired) electrons. The van der Waals surface area contributed by atoms with E-state index in [1.165, 1.54) is 44.9 Å². The third-order valence-electron chi connectivity index (χ3n) is 10.0. The van der Waals surface area contributed by atoms with Crippen molar-refractivity contribution in [3.63, 3.8) is 0 Å². The van der Waals surface area contributed by atoms with Crippen LogP contribution in [0, 0.1) is 23.2 Å². The Morgan fingerprint density at radius 1 is 1.03 bits per heavy atom. The smallest absolute Gasteiger partial charge is 0.270 e. The zero-order chi connectivity index (χ0) is 26.3. The summed E-state index contributed by atoms with van der Waals surface area (Å²) in [5.41, 5.74) is 1.24. The van der Waals surface area contributed by atoms with E-state index in [0.29, 0.717) is 23.3 Å². The Balaban J connectivity index is 1.20. The minimum absolute atomic E-state index is 0.0970. The topological polar surface area (TPSA) is 92.1 Å². The molecule has 2 unspecified atom stereocenters. The largest absolute Gasteiger partial charge is 0.353 e. The van der Waals surface area contributed by atoms with Crippen LogP contribution in [-0.4, -0.2) is 45.2 Å². The van der Waals surface area contributed by atoms with Crippen molar-refractivity contribution in [2.75, 3.05) is 16.8 Å². The minimum Gasteiger partial charge on any atom is -0.353 e. The van der Waals surface area contributed by atoms with Crippen molar-refractivity contribution in [1.82, 2.24) is 20.1 Å². The Labute approximate surface area is 226 Å². The summed E-state index contributed by atoms with van der Waals surface area (Å²) < 4.78 is 1.56. The van der Waals surface area contributed by atoms with Crippen molar-refractivity contribution in [2.24, 2.45) is 30.2 Å². The number of aryl methyl sites for hydroxylation is 1. The molecule has 8 heteroatoms. The van der Waals surface area contributed by atoms with Crippen LogP contribution < -0.4 is 15.5 Å². The lowest BCUT2D eigenvalue weighted by molar-refractivity contribution is -0.121. The van der Waals surface area contributed by atoms with Crippen molar-refractivity contribution in [2.45, 2.75) is 89.6 Å². The van der Waals surface area contributed by atoms with E-state index in [1.807, 2.05) is 6.07 Å². The summed E-state index contributed by atoms with van der Waals surface area (Å²) in [5, 5.41) is 10.4. The molecule has 2 aromatic rings. The summed E-state index contributed by atoms with van der Waals surface area (Å²) in [4.78, 5) is 34.4. The van der Waals surface area contributed by atoms with Gasteiger partial charge in [-0.2, -0.15) is 5.10 Å². The molecular weight excluding hydrogens is 476 g/mol. The Morgan fingerprint density at radius 3 is 2.39 bits per heavy atom. The summed E-state index contributed by atoms with van der Waals surface area (Å²) >= 11 is 0. The second-order valence-corrected chi connectivity index (χ2v) is 12.5. The number of anilines is 2. The highest BCUT2D eigenvalue weighted by atomic mass is 16.2. The van der Waals surface area contributed by atoms with E-state index in [2.05, 4.69) is 33.6 Å². The van der Waals surface area contributed by atoms with Gasteiger partial charge in [-0.1, -0.05) is 32.6 Å². The lowest BCUT2D eigenvalue weighted by Crippen LogP contribution is -2.54. The normalized spacial score (nSPS) is 24.6. The van der Waals surface area contributed by atoms with Gasteiger partial charge in [-0.3, -0.25) is 14.3 Å². The number of piperidine rings is 1. The number of amides is 2. The van der Waals surface area contributed by atoms with Gasteiger partial charge in [-0.05, 0) is 86.3 Å². The maximum atomic E-state index is 13.9. The highest BCUT2D eigenvalue weighted by Crippen LogP contribution is 2.58. The molecule has 2 N–H and O–H groups in total. The maximum absolute atomic E-state index is 13.9. The first-order valence-corrected chi connectivity index (χ1v) is 14.8. The van der Waals surface area contributed by atoms with Gasteiger partial charge in [-0.25, -0.2) is 4.98 Å². The molecule has 1 saturated heterocycles. The van der Waals surface area contributed by atoms with Crippen LogP contribution in [0.4, 0.5) is 11.5 Å². The van der Waals surface area contributed by atoms with E-state index in [1.54, 1.807) is 30.2 Å². The third kappa shape index (κ3) is 4.94. The third-order valence-corrected chi connectivity index (χ3v) is 10.0. The Hall–Kier alpha value is -2.90. The zero-order valence-electron chi connectivity index (χ0n) is 22.9. The van der Waals surface area contributed by atoms with Crippen LogP contribution in [0.15, 0.2) is 30.6 Å². The predicted octanol–water partition coefficient (Wildman–Crippen LogP) is 4.93. The number of hydrogen-bond donors (Lipinski definition) is 2. The molecule has 0 aromatic carbocycles. The number of hydrogen-bond acceptors (Lipinski definition) is 5. The second-order valence-electron chi connectivity index (χ2n) is 12.5. The molecule has 3 atom stereocenters. The molecular formula is C30H42N6O2. The van der Waals surface area contributed by atoms with Gasteiger partial charge in [0.15, 0.2) is 0 Å². The molecule has 204 valence electrons. The van der Waals surface area contributed by atoms with Crippen molar-refractivity contribution < 1.29 is 9.59 Å². The molecule has 2 aromatic heterocycles. The molecule has 3 aliphatic carbocycles. The molecule has 6 rings (SSSR count). The van der Waals surface area contributed by atoms with Crippen LogP contribution in [0.1, 0.15) is 88.0 Å². The maximum Gasteiger partial charge on any atom is 0.270 e. The molecule has 38 heavy (non-hydrogen) atoms. The Morgan fingerprint density at radius 2 is 1.82 bits per heavy atom. The fourth-order valence-corrected chi connectivity index (χ4v) is 7.11. The lowest BCUT2D eigenvalue weighted by atomic mass is 9.66. The van der Waals surface area contributed by atoms with Crippen LogP contribution >= 0.6 is 0 Å². The van der Waals surface area contributed by atoms with Gasteiger partial charge in [-0.15, -0.1) is 0 Å². The summed E-state index contributed by atoms with van der Waals surface area (Å²) in [6.07, 6.45) is 16.9. The number of pyridine rings is 1. The SMILES string of the molecule is Cn1nccc1C(=O)N[C@H](C(=O)Nc1ccc(N2CCCCC2C2CCC2)nc1)C(C1CCC1)C1(C)CC1. The first-order chi connectivity index (χ1) is 18.4. The quantitative estimate of drug-likeness (QED) is 0.491. The van der Waals surface area contributed by atoms with E-state index in [0.717, 1.165) is 44.0 Å². The highest BCUT2D eigenvalue weighted by Gasteiger charge is 2.54. The van der Waals surface area contributed by atoms with Crippen LogP contribution in [0.25, 0.3) is 0 Å². The number of nitrogens with zero attached hydrogens (tertiary/aromatic N) is 4. The number of aromatic nitrogens is 3. The Bertz CT molecular complexity index is 1150. The molecule has 1 aliphatic heterocycles. The van der Waals surface area contributed by atoms with Crippen molar-refractivity contribution in [3.8, 4) is 0 Å². The van der Waals surface area contributed by atoms with E-state index in [9.17, 15) is 9.59 Å². The van der Waals surface area contributed by atoms with Crippen LogP contribution in [-0.2, 0) is 11.8 Å². The van der Waals surface area contributed by atoms with E-state index in [-0.39, 0.29) is 23.1 Å². The van der Waals surface area contributed by atoms with Gasteiger partial charge >= 0.3 is 0 Å². The monoisotopic (exact) mass is 518 g/mol. The molecule has 0 spiro atoms. The van der Waals surface area contributed by atoms with Gasteiger partial charge in [0.25, 0.3) is 5.91 Å². The molecule has 0 bridgehead atoms. The van der Waals surface area contributed by atoms with Crippen molar-refractivity contribution in [1.29, 1.82) is 0 Å².